The van der Waals surface area contributed by atoms with Gasteiger partial charge in [-0.1, -0.05) is 13.8 Å². The number of hydrogen-bond donors (Lipinski definition) is 2. The van der Waals surface area contributed by atoms with Gasteiger partial charge in [-0.2, -0.15) is 0 Å². The first kappa shape index (κ1) is 13.4. The summed E-state index contributed by atoms with van der Waals surface area (Å²) in [6.07, 6.45) is 1.92. The molecule has 1 aromatic heterocycles. The molecule has 0 saturated carbocycles. The molecule has 0 aromatic carbocycles. The van der Waals surface area contributed by atoms with Crippen LogP contribution in [0.25, 0.3) is 0 Å². The summed E-state index contributed by atoms with van der Waals surface area (Å²) in [5.41, 5.74) is 0.355. The van der Waals surface area contributed by atoms with E-state index in [4.69, 9.17) is 0 Å². The maximum Gasteiger partial charge on any atom is 0.271 e. The van der Waals surface area contributed by atoms with Crippen LogP contribution in [0.3, 0.4) is 0 Å². The van der Waals surface area contributed by atoms with Gasteiger partial charge in [0.05, 0.1) is 0 Å². The molecule has 0 spiro atoms. The second-order valence-electron chi connectivity index (χ2n) is 4.01. The number of aromatic nitrogens is 2. The minimum atomic E-state index is -0.172. The minimum Gasteiger partial charge on any atom is -0.366 e. The molecule has 1 unspecified atom stereocenters. The van der Waals surface area contributed by atoms with Gasteiger partial charge in [0.1, 0.15) is 5.82 Å². The lowest BCUT2D eigenvalue weighted by atomic mass is 10.2. The van der Waals surface area contributed by atoms with Crippen LogP contribution in [0.15, 0.2) is 12.1 Å². The second kappa shape index (κ2) is 6.83. The first-order valence-electron chi connectivity index (χ1n) is 6.05. The Morgan fingerprint density at radius 1 is 1.35 bits per heavy atom. The lowest BCUT2D eigenvalue weighted by Gasteiger charge is -2.11. The van der Waals surface area contributed by atoms with E-state index in [-0.39, 0.29) is 5.91 Å². The number of nitrogens with one attached hydrogen (secondary N) is 2. The Morgan fingerprint density at radius 3 is 2.65 bits per heavy atom. The van der Waals surface area contributed by atoms with Crippen LogP contribution in [0, 0.1) is 0 Å². The maximum absolute atomic E-state index is 11.6. The molecule has 0 aliphatic rings. The van der Waals surface area contributed by atoms with Gasteiger partial charge in [0.2, 0.25) is 0 Å². The van der Waals surface area contributed by atoms with E-state index in [2.05, 4.69) is 34.7 Å². The molecule has 5 heteroatoms. The minimum absolute atomic E-state index is 0.172. The van der Waals surface area contributed by atoms with Crippen LogP contribution in [-0.4, -0.2) is 28.7 Å². The number of hydrogen-bond acceptors (Lipinski definition) is 4. The Balaban J connectivity index is 2.58. The Hall–Kier alpha value is -1.65. The largest absolute Gasteiger partial charge is 0.366 e. The molecule has 1 rings (SSSR count). The fraction of sp³-hybridized carbons (Fsp3) is 0.583. The Labute approximate surface area is 102 Å². The Morgan fingerprint density at radius 2 is 2.12 bits per heavy atom. The van der Waals surface area contributed by atoms with Gasteiger partial charge in [-0.25, -0.2) is 0 Å². The van der Waals surface area contributed by atoms with E-state index >= 15 is 0 Å². The monoisotopic (exact) mass is 236 g/mol. The zero-order valence-corrected chi connectivity index (χ0v) is 10.7. The van der Waals surface area contributed by atoms with Gasteiger partial charge in [-0.05, 0) is 31.9 Å². The van der Waals surface area contributed by atoms with Gasteiger partial charge in [0.25, 0.3) is 5.91 Å². The second-order valence-corrected chi connectivity index (χ2v) is 4.01. The topological polar surface area (TPSA) is 66.9 Å². The maximum atomic E-state index is 11.6. The smallest absolute Gasteiger partial charge is 0.271 e. The molecule has 0 bridgehead atoms. The van der Waals surface area contributed by atoms with Crippen molar-refractivity contribution in [3.63, 3.8) is 0 Å². The highest BCUT2D eigenvalue weighted by molar-refractivity contribution is 5.92. The normalized spacial score (nSPS) is 11.9. The summed E-state index contributed by atoms with van der Waals surface area (Å²) < 4.78 is 0. The van der Waals surface area contributed by atoms with Gasteiger partial charge >= 0.3 is 0 Å². The van der Waals surface area contributed by atoms with Crippen molar-refractivity contribution in [2.24, 2.45) is 0 Å². The predicted molar refractivity (Wildman–Crippen MR) is 68.0 cm³/mol. The van der Waals surface area contributed by atoms with Gasteiger partial charge in [-0.15, -0.1) is 10.2 Å². The lowest BCUT2D eigenvalue weighted by molar-refractivity contribution is 0.0947. The number of carbonyl (C=O) groups is 1. The van der Waals surface area contributed by atoms with Crippen molar-refractivity contribution in [2.75, 3.05) is 11.9 Å². The Kier molecular flexibility index (Phi) is 5.39. The number of carbonyl (C=O) groups excluding carboxylic acids is 1. The molecule has 2 N–H and O–H groups in total. The molecule has 0 aliphatic heterocycles. The molecule has 5 nitrogen and oxygen atoms in total. The summed E-state index contributed by atoms with van der Waals surface area (Å²) >= 11 is 0. The quantitative estimate of drug-likeness (QED) is 0.790. The van der Waals surface area contributed by atoms with Crippen molar-refractivity contribution in [1.29, 1.82) is 0 Å². The summed E-state index contributed by atoms with van der Waals surface area (Å²) in [6, 6.07) is 3.81. The molecule has 0 radical (unpaired) electrons. The van der Waals surface area contributed by atoms with Crippen molar-refractivity contribution < 1.29 is 4.79 Å². The van der Waals surface area contributed by atoms with Crippen molar-refractivity contribution in [3.05, 3.63) is 17.8 Å². The SMILES string of the molecule is CCCNC(=O)c1ccc(NC(C)CC)nn1. The lowest BCUT2D eigenvalue weighted by Crippen LogP contribution is -2.25. The third-order valence-corrected chi connectivity index (χ3v) is 2.44. The molecule has 0 aliphatic carbocycles. The molecule has 94 valence electrons. The van der Waals surface area contributed by atoms with Crippen LogP contribution >= 0.6 is 0 Å². The zero-order valence-electron chi connectivity index (χ0n) is 10.7. The molecule has 1 aromatic rings. The van der Waals surface area contributed by atoms with Crippen LogP contribution < -0.4 is 10.6 Å². The molecular formula is C12H20N4O. The summed E-state index contributed by atoms with van der Waals surface area (Å²) in [7, 11) is 0. The number of rotatable bonds is 6. The van der Waals surface area contributed by atoms with Gasteiger partial charge < -0.3 is 10.6 Å². The van der Waals surface area contributed by atoms with Crippen LogP contribution in [0.4, 0.5) is 5.82 Å². The third-order valence-electron chi connectivity index (χ3n) is 2.44. The van der Waals surface area contributed by atoms with Crippen LogP contribution in [0.1, 0.15) is 44.1 Å². The summed E-state index contributed by atoms with van der Waals surface area (Å²) in [4.78, 5) is 11.6. The molecule has 0 saturated heterocycles. The van der Waals surface area contributed by atoms with Crippen LogP contribution in [0.2, 0.25) is 0 Å². The zero-order chi connectivity index (χ0) is 12.7. The number of anilines is 1. The average molecular weight is 236 g/mol. The highest BCUT2D eigenvalue weighted by atomic mass is 16.1. The fourth-order valence-corrected chi connectivity index (χ4v) is 1.21. The van der Waals surface area contributed by atoms with Gasteiger partial charge in [0, 0.05) is 12.6 Å². The van der Waals surface area contributed by atoms with E-state index in [0.29, 0.717) is 24.1 Å². The number of nitrogens with zero attached hydrogens (tertiary/aromatic N) is 2. The van der Waals surface area contributed by atoms with Crippen LogP contribution in [0.5, 0.6) is 0 Å². The van der Waals surface area contributed by atoms with Gasteiger partial charge in [0.15, 0.2) is 5.69 Å². The molecular weight excluding hydrogens is 216 g/mol. The van der Waals surface area contributed by atoms with Crippen molar-refractivity contribution >= 4 is 11.7 Å². The molecule has 0 fully saturated rings. The molecule has 1 atom stereocenters. The first-order valence-corrected chi connectivity index (χ1v) is 6.05. The fourth-order valence-electron chi connectivity index (χ4n) is 1.21. The standard InChI is InChI=1S/C12H20N4O/c1-4-8-13-12(17)10-6-7-11(16-15-10)14-9(3)5-2/h6-7,9H,4-5,8H2,1-3H3,(H,13,17)(H,14,16). The molecule has 1 heterocycles. The summed E-state index contributed by atoms with van der Waals surface area (Å²) in [5, 5.41) is 13.8. The average Bonchev–Trinajstić information content (AvgIpc) is 2.36. The van der Waals surface area contributed by atoms with Gasteiger partial charge in [-0.3, -0.25) is 4.79 Å². The highest BCUT2D eigenvalue weighted by Crippen LogP contribution is 2.05. The summed E-state index contributed by atoms with van der Waals surface area (Å²) in [5.74, 6) is 0.529. The molecule has 1 amide bonds. The predicted octanol–water partition coefficient (Wildman–Crippen LogP) is 1.83. The van der Waals surface area contributed by atoms with E-state index in [9.17, 15) is 4.79 Å². The van der Waals surface area contributed by atoms with E-state index in [1.807, 2.05) is 6.92 Å². The third kappa shape index (κ3) is 4.38. The van der Waals surface area contributed by atoms with E-state index in [1.54, 1.807) is 12.1 Å². The van der Waals surface area contributed by atoms with E-state index in [0.717, 1.165) is 12.8 Å². The first-order chi connectivity index (χ1) is 8.17. The number of amides is 1. The molecule has 17 heavy (non-hydrogen) atoms. The van der Waals surface area contributed by atoms with Crippen molar-refractivity contribution in [3.8, 4) is 0 Å². The van der Waals surface area contributed by atoms with E-state index in [1.165, 1.54) is 0 Å². The highest BCUT2D eigenvalue weighted by Gasteiger charge is 2.07. The van der Waals surface area contributed by atoms with Crippen molar-refractivity contribution in [1.82, 2.24) is 15.5 Å². The van der Waals surface area contributed by atoms with Crippen molar-refractivity contribution in [2.45, 2.75) is 39.7 Å². The Bertz CT molecular complexity index is 350. The van der Waals surface area contributed by atoms with Crippen LogP contribution in [-0.2, 0) is 0 Å². The van der Waals surface area contributed by atoms with E-state index < -0.39 is 0 Å². The summed E-state index contributed by atoms with van der Waals surface area (Å²) in [6.45, 7) is 6.83.